The third-order valence-electron chi connectivity index (χ3n) is 1.22. The van der Waals surface area contributed by atoms with Gasteiger partial charge in [-0.25, -0.2) is 0 Å². The van der Waals surface area contributed by atoms with Crippen molar-refractivity contribution in [2.75, 3.05) is 0 Å². The van der Waals surface area contributed by atoms with Crippen molar-refractivity contribution in [3.8, 4) is 0 Å². The zero-order valence-electron chi connectivity index (χ0n) is 6.65. The molecule has 0 fully saturated rings. The van der Waals surface area contributed by atoms with Crippen LogP contribution in [0.25, 0.3) is 0 Å². The summed E-state index contributed by atoms with van der Waals surface area (Å²) in [7, 11) is 0. The Morgan fingerprint density at radius 2 is 2.25 bits per heavy atom. The topological polar surface area (TPSA) is 73.2 Å². The maximum atomic E-state index is 10.2. The van der Waals surface area contributed by atoms with Crippen LogP contribution in [0.4, 0.5) is 0 Å². The van der Waals surface area contributed by atoms with Crippen LogP contribution in [0.1, 0.15) is 16.1 Å². The van der Waals surface area contributed by atoms with Crippen LogP contribution in [0.15, 0.2) is 18.3 Å². The third-order valence-corrected chi connectivity index (χ3v) is 1.22. The molecule has 12 heavy (non-hydrogen) atoms. The SMILES string of the molecule is O=C([O-])c1ccc(CO)nc1.[K+]. The van der Waals surface area contributed by atoms with Crippen LogP contribution in [-0.2, 0) is 6.61 Å². The first-order chi connectivity index (χ1) is 5.24. The fourth-order valence-electron chi connectivity index (χ4n) is 0.639. The normalized spacial score (nSPS) is 8.75. The number of rotatable bonds is 2. The molecule has 5 heteroatoms. The minimum absolute atomic E-state index is 0. The van der Waals surface area contributed by atoms with Gasteiger partial charge in [-0.15, -0.1) is 0 Å². The van der Waals surface area contributed by atoms with Gasteiger partial charge in [-0.05, 0) is 12.1 Å². The molecule has 0 atom stereocenters. The van der Waals surface area contributed by atoms with Crippen LogP contribution < -0.4 is 56.5 Å². The number of carboxylic acids is 1. The molecule has 1 aromatic rings. The Hall–Kier alpha value is 0.216. The molecule has 1 aromatic heterocycles. The average Bonchev–Trinajstić information content (AvgIpc) is 2.05. The number of hydrogen-bond acceptors (Lipinski definition) is 4. The van der Waals surface area contributed by atoms with Crippen molar-refractivity contribution in [2.45, 2.75) is 6.61 Å². The van der Waals surface area contributed by atoms with E-state index >= 15 is 0 Å². The molecule has 0 amide bonds. The first kappa shape index (κ1) is 12.2. The van der Waals surface area contributed by atoms with Gasteiger partial charge in [0.05, 0.1) is 18.3 Å². The Morgan fingerprint density at radius 3 is 2.58 bits per heavy atom. The summed E-state index contributed by atoms with van der Waals surface area (Å²) in [5.41, 5.74) is 0.456. The summed E-state index contributed by atoms with van der Waals surface area (Å²) >= 11 is 0. The Balaban J connectivity index is 0.00000121. The molecule has 0 aliphatic rings. The third kappa shape index (κ3) is 3.30. The number of aliphatic hydroxyl groups excluding tert-OH is 1. The zero-order valence-corrected chi connectivity index (χ0v) is 9.77. The fourth-order valence-corrected chi connectivity index (χ4v) is 0.639. The molecule has 0 aliphatic carbocycles. The van der Waals surface area contributed by atoms with Crippen LogP contribution in [0, 0.1) is 0 Å². The number of carbonyl (C=O) groups is 1. The van der Waals surface area contributed by atoms with E-state index < -0.39 is 5.97 Å². The number of carboxylic acid groups (broad SMARTS) is 1. The predicted octanol–water partition coefficient (Wildman–Crippen LogP) is -4.06. The molecule has 4 nitrogen and oxygen atoms in total. The molecule has 0 saturated carbocycles. The van der Waals surface area contributed by atoms with Crippen LogP contribution in [0.2, 0.25) is 0 Å². The van der Waals surface area contributed by atoms with Crippen molar-refractivity contribution in [3.63, 3.8) is 0 Å². The van der Waals surface area contributed by atoms with Gasteiger partial charge < -0.3 is 15.0 Å². The van der Waals surface area contributed by atoms with Crippen molar-refractivity contribution < 1.29 is 66.4 Å². The smallest absolute Gasteiger partial charge is 0.545 e. The fraction of sp³-hybridized carbons (Fsp3) is 0.143. The van der Waals surface area contributed by atoms with Gasteiger partial charge in [0.1, 0.15) is 0 Å². The molecule has 0 saturated heterocycles. The Bertz CT molecular complexity index is 260. The van der Waals surface area contributed by atoms with Gasteiger partial charge in [0.25, 0.3) is 0 Å². The monoisotopic (exact) mass is 191 g/mol. The van der Waals surface area contributed by atoms with Gasteiger partial charge in [-0.1, -0.05) is 0 Å². The molecule has 0 bridgehead atoms. The van der Waals surface area contributed by atoms with Crippen LogP contribution >= 0.6 is 0 Å². The largest absolute Gasteiger partial charge is 1.00 e. The number of aromatic nitrogens is 1. The first-order valence-electron chi connectivity index (χ1n) is 3.01. The molecule has 0 radical (unpaired) electrons. The van der Waals surface area contributed by atoms with Crippen LogP contribution in [0.3, 0.4) is 0 Å². The number of nitrogens with zero attached hydrogens (tertiary/aromatic N) is 1. The molecular formula is C7H6KNO3. The molecule has 0 unspecified atom stereocenters. The molecule has 58 valence electrons. The quantitative estimate of drug-likeness (QED) is 0.483. The molecular weight excluding hydrogens is 185 g/mol. The predicted molar refractivity (Wildman–Crippen MR) is 34.5 cm³/mol. The second-order valence-corrected chi connectivity index (χ2v) is 1.98. The summed E-state index contributed by atoms with van der Waals surface area (Å²) in [5.74, 6) is -1.26. The summed E-state index contributed by atoms with van der Waals surface area (Å²) in [4.78, 5) is 13.8. The van der Waals surface area contributed by atoms with Gasteiger partial charge >= 0.3 is 51.4 Å². The van der Waals surface area contributed by atoms with Crippen molar-refractivity contribution in [3.05, 3.63) is 29.6 Å². The zero-order chi connectivity index (χ0) is 8.27. The number of aliphatic hydroxyl groups is 1. The second kappa shape index (κ2) is 5.79. The average molecular weight is 191 g/mol. The van der Waals surface area contributed by atoms with E-state index in [4.69, 9.17) is 5.11 Å². The maximum Gasteiger partial charge on any atom is 1.00 e. The van der Waals surface area contributed by atoms with E-state index in [1.165, 1.54) is 12.1 Å². The van der Waals surface area contributed by atoms with Crippen molar-refractivity contribution in [1.82, 2.24) is 4.98 Å². The van der Waals surface area contributed by atoms with E-state index in [-0.39, 0.29) is 63.6 Å². The van der Waals surface area contributed by atoms with Gasteiger partial charge in [0.15, 0.2) is 0 Å². The van der Waals surface area contributed by atoms with E-state index in [0.29, 0.717) is 5.69 Å². The molecule has 0 aliphatic heterocycles. The first-order valence-corrected chi connectivity index (χ1v) is 3.01. The van der Waals surface area contributed by atoms with Crippen LogP contribution in [0.5, 0.6) is 0 Å². The van der Waals surface area contributed by atoms with E-state index in [2.05, 4.69) is 4.98 Å². The number of pyridine rings is 1. The van der Waals surface area contributed by atoms with Crippen molar-refractivity contribution in [1.29, 1.82) is 0 Å². The van der Waals surface area contributed by atoms with Gasteiger partial charge in [0, 0.05) is 11.8 Å². The number of aromatic carboxylic acids is 1. The summed E-state index contributed by atoms with van der Waals surface area (Å²) < 4.78 is 0. The number of hydrogen-bond donors (Lipinski definition) is 1. The molecule has 0 aromatic carbocycles. The van der Waals surface area contributed by atoms with Gasteiger partial charge in [0.2, 0.25) is 0 Å². The summed E-state index contributed by atoms with van der Waals surface area (Å²) in [6.07, 6.45) is 1.15. The minimum atomic E-state index is -1.26. The van der Waals surface area contributed by atoms with Gasteiger partial charge in [-0.2, -0.15) is 0 Å². The van der Waals surface area contributed by atoms with Crippen molar-refractivity contribution in [2.24, 2.45) is 0 Å². The molecule has 1 heterocycles. The Labute approximate surface area is 112 Å². The summed E-state index contributed by atoms with van der Waals surface area (Å²) in [6, 6.07) is 2.78. The Kier molecular flexibility index (Phi) is 5.90. The summed E-state index contributed by atoms with van der Waals surface area (Å²) in [5, 5.41) is 18.7. The molecule has 0 spiro atoms. The van der Waals surface area contributed by atoms with Crippen LogP contribution in [-0.4, -0.2) is 16.1 Å². The van der Waals surface area contributed by atoms with Gasteiger partial charge in [-0.3, -0.25) is 4.98 Å². The van der Waals surface area contributed by atoms with E-state index in [1.54, 1.807) is 0 Å². The minimum Gasteiger partial charge on any atom is -0.545 e. The van der Waals surface area contributed by atoms with E-state index in [1.807, 2.05) is 0 Å². The molecule has 1 N–H and O–H groups in total. The second-order valence-electron chi connectivity index (χ2n) is 1.98. The maximum absolute atomic E-state index is 10.2. The van der Waals surface area contributed by atoms with Crippen molar-refractivity contribution >= 4 is 5.97 Å². The standard InChI is InChI=1S/C7H7NO3.K/c9-4-6-2-1-5(3-8-6)7(10)11;/h1-3,9H,4H2,(H,10,11);/q;+1/p-1. The number of carbonyl (C=O) groups excluding carboxylic acids is 1. The Morgan fingerprint density at radius 1 is 1.58 bits per heavy atom. The van der Waals surface area contributed by atoms with E-state index in [0.717, 1.165) is 6.20 Å². The molecule has 1 rings (SSSR count). The van der Waals surface area contributed by atoms with E-state index in [9.17, 15) is 9.90 Å². The summed E-state index contributed by atoms with van der Waals surface area (Å²) in [6.45, 7) is -0.187.